The van der Waals surface area contributed by atoms with Crippen LogP contribution in [0, 0.1) is 0 Å². The summed E-state index contributed by atoms with van der Waals surface area (Å²) in [4.78, 5) is 26.8. The van der Waals surface area contributed by atoms with Crippen LogP contribution in [0.25, 0.3) is 0 Å². The van der Waals surface area contributed by atoms with Crippen LogP contribution in [0.2, 0.25) is 0 Å². The number of aliphatic hydroxyl groups is 5. The zero-order valence-corrected chi connectivity index (χ0v) is 59.0. The molecule has 8 atom stereocenters. The molecular formula is C79H147NO10. The SMILES string of the molecule is CCCCC/C=C\C/C=C\C/C=C\CCCCCCCCCCCCCCCCC(=O)OC1C(OCC(NC(=O)C(O)CCCCCCCCCCCCCCCCCCCCCCCC)C(O)/C=C/CCCCCCCCCCCC)OC(CO)C(O)C1O. The van der Waals surface area contributed by atoms with Crippen LogP contribution in [0.4, 0.5) is 0 Å². The van der Waals surface area contributed by atoms with Gasteiger partial charge in [-0.3, -0.25) is 9.59 Å². The number of carbonyl (C=O) groups excluding carboxylic acids is 2. The lowest BCUT2D eigenvalue weighted by Crippen LogP contribution is -2.61. The van der Waals surface area contributed by atoms with E-state index >= 15 is 0 Å². The van der Waals surface area contributed by atoms with E-state index in [0.717, 1.165) is 70.6 Å². The van der Waals surface area contributed by atoms with Crippen molar-refractivity contribution in [2.45, 2.75) is 429 Å². The van der Waals surface area contributed by atoms with Crippen molar-refractivity contribution in [2.75, 3.05) is 13.2 Å². The van der Waals surface area contributed by atoms with Gasteiger partial charge in [0.2, 0.25) is 5.91 Å². The molecule has 11 heteroatoms. The van der Waals surface area contributed by atoms with Crippen molar-refractivity contribution in [1.82, 2.24) is 5.32 Å². The minimum Gasteiger partial charge on any atom is -0.454 e. The van der Waals surface area contributed by atoms with E-state index in [1.54, 1.807) is 6.08 Å². The summed E-state index contributed by atoms with van der Waals surface area (Å²) in [5, 5.41) is 57.4. The molecule has 0 spiro atoms. The van der Waals surface area contributed by atoms with E-state index in [2.05, 4.69) is 62.5 Å². The molecule has 90 heavy (non-hydrogen) atoms. The number of unbranched alkanes of at least 4 members (excludes halogenated alkanes) is 48. The predicted molar refractivity (Wildman–Crippen MR) is 380 cm³/mol. The van der Waals surface area contributed by atoms with E-state index in [9.17, 15) is 35.1 Å². The van der Waals surface area contributed by atoms with Crippen LogP contribution in [0.5, 0.6) is 0 Å². The first-order chi connectivity index (χ1) is 44.2. The summed E-state index contributed by atoms with van der Waals surface area (Å²) in [5.41, 5.74) is 0. The zero-order valence-electron chi connectivity index (χ0n) is 59.0. The monoisotopic (exact) mass is 1270 g/mol. The van der Waals surface area contributed by atoms with E-state index in [4.69, 9.17) is 14.2 Å². The Morgan fingerprint density at radius 1 is 0.433 bits per heavy atom. The molecule has 1 fully saturated rings. The number of esters is 1. The first-order valence-electron chi connectivity index (χ1n) is 38.9. The number of allylic oxidation sites excluding steroid dienone is 7. The highest BCUT2D eigenvalue weighted by molar-refractivity contribution is 5.80. The lowest BCUT2D eigenvalue weighted by atomic mass is 9.99. The van der Waals surface area contributed by atoms with Gasteiger partial charge in [-0.15, -0.1) is 0 Å². The molecule has 0 radical (unpaired) electrons. The number of nitrogens with one attached hydrogen (secondary N) is 1. The van der Waals surface area contributed by atoms with Crippen molar-refractivity contribution in [3.05, 3.63) is 48.6 Å². The van der Waals surface area contributed by atoms with Crippen LogP contribution in [0.3, 0.4) is 0 Å². The maximum absolute atomic E-state index is 13.5. The number of carbonyl (C=O) groups is 2. The van der Waals surface area contributed by atoms with E-state index in [-0.39, 0.29) is 13.0 Å². The topological polar surface area (TPSA) is 175 Å². The summed E-state index contributed by atoms with van der Waals surface area (Å²) in [6, 6.07) is -1.02. The number of rotatable bonds is 68. The van der Waals surface area contributed by atoms with Crippen LogP contribution in [0.1, 0.15) is 380 Å². The van der Waals surface area contributed by atoms with Crippen molar-refractivity contribution < 1.29 is 49.3 Å². The summed E-state index contributed by atoms with van der Waals surface area (Å²) >= 11 is 0. The third-order valence-corrected chi connectivity index (χ3v) is 18.5. The van der Waals surface area contributed by atoms with E-state index in [1.165, 1.54) is 263 Å². The van der Waals surface area contributed by atoms with Crippen molar-refractivity contribution in [1.29, 1.82) is 0 Å². The van der Waals surface area contributed by atoms with Gasteiger partial charge < -0.3 is 45.1 Å². The number of ether oxygens (including phenoxy) is 3. The molecule has 0 aromatic rings. The fraction of sp³-hybridized carbons (Fsp3) is 0.873. The molecule has 0 bridgehead atoms. The van der Waals surface area contributed by atoms with Gasteiger partial charge in [0.15, 0.2) is 12.4 Å². The van der Waals surface area contributed by atoms with Crippen LogP contribution in [-0.4, -0.2) is 99.6 Å². The average Bonchev–Trinajstić information content (AvgIpc) is 3.71. The highest BCUT2D eigenvalue weighted by Gasteiger charge is 2.47. The highest BCUT2D eigenvalue weighted by atomic mass is 16.7. The molecule has 11 nitrogen and oxygen atoms in total. The van der Waals surface area contributed by atoms with Crippen LogP contribution in [0.15, 0.2) is 48.6 Å². The molecule has 6 N–H and O–H groups in total. The molecule has 0 aliphatic carbocycles. The van der Waals surface area contributed by atoms with Gasteiger partial charge in [0, 0.05) is 6.42 Å². The Morgan fingerprint density at radius 2 is 0.767 bits per heavy atom. The molecule has 0 saturated carbocycles. The Morgan fingerprint density at radius 3 is 1.17 bits per heavy atom. The second-order valence-corrected chi connectivity index (χ2v) is 27.1. The molecule has 0 aromatic carbocycles. The largest absolute Gasteiger partial charge is 0.454 e. The molecule has 1 amide bonds. The molecule has 1 saturated heterocycles. The van der Waals surface area contributed by atoms with Crippen molar-refractivity contribution in [3.8, 4) is 0 Å². The Kier molecular flexibility index (Phi) is 63.4. The molecule has 1 heterocycles. The van der Waals surface area contributed by atoms with Gasteiger partial charge in [-0.1, -0.05) is 358 Å². The summed E-state index contributed by atoms with van der Waals surface area (Å²) < 4.78 is 17.7. The van der Waals surface area contributed by atoms with Crippen molar-refractivity contribution in [3.63, 3.8) is 0 Å². The zero-order chi connectivity index (χ0) is 65.3. The fourth-order valence-corrected chi connectivity index (χ4v) is 12.4. The first kappa shape index (κ1) is 85.6. The van der Waals surface area contributed by atoms with Crippen molar-refractivity contribution >= 4 is 11.9 Å². The highest BCUT2D eigenvalue weighted by Crippen LogP contribution is 2.27. The number of hydrogen-bond acceptors (Lipinski definition) is 10. The number of amides is 1. The molecule has 528 valence electrons. The Balaban J connectivity index is 2.50. The summed E-state index contributed by atoms with van der Waals surface area (Å²) in [7, 11) is 0. The molecule has 1 aliphatic rings. The molecule has 1 aliphatic heterocycles. The fourth-order valence-electron chi connectivity index (χ4n) is 12.4. The molecular weight excluding hydrogens is 1120 g/mol. The van der Waals surface area contributed by atoms with Crippen LogP contribution in [-0.2, 0) is 23.8 Å². The Hall–Kier alpha value is -2.38. The summed E-state index contributed by atoms with van der Waals surface area (Å²) in [6.07, 6.45) is 74.5. The van der Waals surface area contributed by atoms with Crippen LogP contribution >= 0.6 is 0 Å². The van der Waals surface area contributed by atoms with Gasteiger partial charge in [-0.2, -0.15) is 0 Å². The molecule has 8 unspecified atom stereocenters. The predicted octanol–water partition coefficient (Wildman–Crippen LogP) is 20.7. The number of aliphatic hydroxyl groups excluding tert-OH is 5. The minimum atomic E-state index is -1.61. The summed E-state index contributed by atoms with van der Waals surface area (Å²) in [5.74, 6) is -1.18. The first-order valence-corrected chi connectivity index (χ1v) is 38.9. The number of hydrogen-bond donors (Lipinski definition) is 6. The van der Waals surface area contributed by atoms with Gasteiger partial charge in [-0.05, 0) is 64.2 Å². The smallest absolute Gasteiger partial charge is 0.306 e. The maximum atomic E-state index is 13.5. The van der Waals surface area contributed by atoms with E-state index < -0.39 is 67.4 Å². The molecule has 1 rings (SSSR count). The lowest BCUT2D eigenvalue weighted by molar-refractivity contribution is -0.305. The van der Waals surface area contributed by atoms with E-state index in [0.29, 0.717) is 19.3 Å². The van der Waals surface area contributed by atoms with Gasteiger partial charge in [0.1, 0.15) is 24.4 Å². The van der Waals surface area contributed by atoms with Gasteiger partial charge in [-0.25, -0.2) is 0 Å². The maximum Gasteiger partial charge on any atom is 0.306 e. The third-order valence-electron chi connectivity index (χ3n) is 18.5. The quantitative estimate of drug-likeness (QED) is 0.0195. The van der Waals surface area contributed by atoms with Gasteiger partial charge >= 0.3 is 5.97 Å². The Labute approximate surface area is 555 Å². The second kappa shape index (κ2) is 66.6. The second-order valence-electron chi connectivity index (χ2n) is 27.1. The van der Waals surface area contributed by atoms with Crippen LogP contribution < -0.4 is 5.32 Å². The average molecular weight is 1270 g/mol. The van der Waals surface area contributed by atoms with E-state index in [1.807, 2.05) is 6.08 Å². The summed E-state index contributed by atoms with van der Waals surface area (Å²) in [6.45, 7) is 5.83. The Bertz CT molecular complexity index is 1650. The van der Waals surface area contributed by atoms with Gasteiger partial charge in [0.05, 0.1) is 25.4 Å². The third kappa shape index (κ3) is 52.9. The van der Waals surface area contributed by atoms with Crippen molar-refractivity contribution in [2.24, 2.45) is 0 Å². The normalized spacial score (nSPS) is 18.2. The lowest BCUT2D eigenvalue weighted by Gasteiger charge is -2.41. The standard InChI is InChI=1S/C79H147NO10/c1-4-7-10-13-16-19-22-25-27-29-31-33-35-36-37-38-39-41-43-45-47-49-52-55-58-61-64-67-74(84)90-77-76(86)75(85)73(68-81)89-79(77)88-69-70(71(82)65-62-59-56-53-50-24-21-18-15-12-9-6-3)80-78(87)72(83)66-63-60-57-54-51-48-46-44-42-40-34-32-30-28-26-23-20-17-14-11-8-5-2/h16,19,25,27,31,33,62,65,70-73,75-77,79,81-83,85-86H,4-15,17-18,20-24,26,28-30,32,34-61,63-64,66-69H2,1-3H3,(H,80,87)/b19-16-,27-25-,33-31-,65-62+. The minimum absolute atomic E-state index is 0.125. The van der Waals surface area contributed by atoms with Gasteiger partial charge in [0.25, 0.3) is 0 Å². The molecule has 0 aromatic heterocycles.